The Bertz CT molecular complexity index is 1060. The molecular weight excluding hydrogens is 789 g/mol. The van der Waals surface area contributed by atoms with Crippen LogP contribution in [0.4, 0.5) is 0 Å². The van der Waals surface area contributed by atoms with Crippen molar-refractivity contribution in [2.45, 2.75) is 297 Å². The van der Waals surface area contributed by atoms with Crippen molar-refractivity contribution >= 4 is 11.9 Å². The number of carbonyl (C=O) groups excluding carboxylic acids is 2. The van der Waals surface area contributed by atoms with Crippen LogP contribution in [0.2, 0.25) is 0 Å². The average Bonchev–Trinajstić information content (AvgIpc) is 3.30. The Morgan fingerprint density at radius 2 is 0.703 bits per heavy atom. The molecule has 5 heteroatoms. The summed E-state index contributed by atoms with van der Waals surface area (Å²) in [4.78, 5) is 25.4. The van der Waals surface area contributed by atoms with Crippen LogP contribution in [0.5, 0.6) is 0 Å². The van der Waals surface area contributed by atoms with Gasteiger partial charge in [0.15, 0.2) is 6.10 Å². The van der Waals surface area contributed by atoms with E-state index in [-0.39, 0.29) is 25.2 Å². The van der Waals surface area contributed by atoms with Crippen LogP contribution in [0.25, 0.3) is 0 Å². The smallest absolute Gasteiger partial charge is 0.306 e. The highest BCUT2D eigenvalue weighted by Gasteiger charge is 2.17. The molecule has 0 aliphatic heterocycles. The first kappa shape index (κ1) is 61.9. The second kappa shape index (κ2) is 55.2. The van der Waals surface area contributed by atoms with Gasteiger partial charge in [0, 0.05) is 19.4 Å². The molecule has 0 saturated heterocycles. The first-order valence-electron chi connectivity index (χ1n) is 28.2. The monoisotopic (exact) mass is 897 g/mol. The van der Waals surface area contributed by atoms with E-state index >= 15 is 0 Å². The van der Waals surface area contributed by atoms with Crippen molar-refractivity contribution in [3.05, 3.63) is 48.6 Å². The van der Waals surface area contributed by atoms with E-state index in [0.29, 0.717) is 19.4 Å². The quantitative estimate of drug-likeness (QED) is 0.0346. The highest BCUT2D eigenvalue weighted by molar-refractivity contribution is 5.70. The number of rotatable bonds is 52. The summed E-state index contributed by atoms with van der Waals surface area (Å²) in [5.74, 6) is -0.396. The molecule has 0 aromatic heterocycles. The molecule has 374 valence electrons. The van der Waals surface area contributed by atoms with Crippen LogP contribution in [0.1, 0.15) is 290 Å². The lowest BCUT2D eigenvalue weighted by Crippen LogP contribution is -2.30. The molecule has 1 unspecified atom stereocenters. The fraction of sp³-hybridized carbons (Fsp3) is 0.831. The van der Waals surface area contributed by atoms with Gasteiger partial charge in [-0.25, -0.2) is 0 Å². The largest absolute Gasteiger partial charge is 0.462 e. The number of hydrogen-bond acceptors (Lipinski definition) is 5. The Balaban J connectivity index is 4.19. The SMILES string of the molecule is CC/C=C\C/C=C\C/C=C\CCCCCCCCCC(=O)OCC(COCCCCCCCCCCCC/C=C\CCCCCCCC)OC(=O)CCCCCCCCCCCCC. The molecule has 0 N–H and O–H groups in total. The summed E-state index contributed by atoms with van der Waals surface area (Å²) in [6.07, 6.45) is 68.4. The zero-order valence-corrected chi connectivity index (χ0v) is 43.1. The zero-order chi connectivity index (χ0) is 46.3. The number of carbonyl (C=O) groups is 2. The molecule has 0 aromatic rings. The lowest BCUT2D eigenvalue weighted by atomic mass is 10.1. The topological polar surface area (TPSA) is 61.8 Å². The highest BCUT2D eigenvalue weighted by Crippen LogP contribution is 2.16. The van der Waals surface area contributed by atoms with Crippen LogP contribution in [0.15, 0.2) is 48.6 Å². The molecule has 0 aromatic carbocycles. The van der Waals surface area contributed by atoms with Gasteiger partial charge < -0.3 is 14.2 Å². The summed E-state index contributed by atoms with van der Waals surface area (Å²) >= 11 is 0. The Hall–Kier alpha value is -2.14. The van der Waals surface area contributed by atoms with Crippen LogP contribution < -0.4 is 0 Å². The van der Waals surface area contributed by atoms with Crippen LogP contribution >= 0.6 is 0 Å². The van der Waals surface area contributed by atoms with Gasteiger partial charge in [0.25, 0.3) is 0 Å². The van der Waals surface area contributed by atoms with Gasteiger partial charge in [-0.05, 0) is 77.0 Å². The van der Waals surface area contributed by atoms with E-state index in [1.54, 1.807) is 0 Å². The summed E-state index contributed by atoms with van der Waals surface area (Å²) in [7, 11) is 0. The third-order valence-corrected chi connectivity index (χ3v) is 12.3. The van der Waals surface area contributed by atoms with Gasteiger partial charge in [-0.15, -0.1) is 0 Å². The van der Waals surface area contributed by atoms with Crippen molar-refractivity contribution in [1.29, 1.82) is 0 Å². The highest BCUT2D eigenvalue weighted by atomic mass is 16.6. The van der Waals surface area contributed by atoms with Gasteiger partial charge in [-0.2, -0.15) is 0 Å². The molecule has 0 saturated carbocycles. The number of allylic oxidation sites excluding steroid dienone is 8. The second-order valence-corrected chi connectivity index (χ2v) is 18.8. The molecule has 0 amide bonds. The predicted molar refractivity (Wildman–Crippen MR) is 279 cm³/mol. The minimum absolute atomic E-state index is 0.0832. The maximum absolute atomic E-state index is 12.8. The molecule has 1 atom stereocenters. The van der Waals surface area contributed by atoms with Crippen LogP contribution in [-0.4, -0.2) is 37.9 Å². The van der Waals surface area contributed by atoms with E-state index in [9.17, 15) is 9.59 Å². The molecule has 0 aliphatic rings. The van der Waals surface area contributed by atoms with Crippen molar-refractivity contribution in [3.8, 4) is 0 Å². The van der Waals surface area contributed by atoms with E-state index in [4.69, 9.17) is 14.2 Å². The van der Waals surface area contributed by atoms with Crippen molar-refractivity contribution in [1.82, 2.24) is 0 Å². The van der Waals surface area contributed by atoms with Crippen LogP contribution in [0, 0.1) is 0 Å². The van der Waals surface area contributed by atoms with Gasteiger partial charge in [-0.1, -0.05) is 249 Å². The molecule has 0 aliphatic carbocycles. The Kier molecular flexibility index (Phi) is 53.3. The Morgan fingerprint density at radius 1 is 0.359 bits per heavy atom. The Labute approximate surface area is 399 Å². The zero-order valence-electron chi connectivity index (χ0n) is 43.1. The van der Waals surface area contributed by atoms with Crippen molar-refractivity contribution in [2.75, 3.05) is 19.8 Å². The van der Waals surface area contributed by atoms with Gasteiger partial charge in [0.1, 0.15) is 6.61 Å². The Morgan fingerprint density at radius 3 is 1.14 bits per heavy atom. The summed E-state index contributed by atoms with van der Waals surface area (Å²) in [5.41, 5.74) is 0. The van der Waals surface area contributed by atoms with Gasteiger partial charge >= 0.3 is 11.9 Å². The van der Waals surface area contributed by atoms with Crippen LogP contribution in [-0.2, 0) is 23.8 Å². The van der Waals surface area contributed by atoms with E-state index in [0.717, 1.165) is 70.6 Å². The maximum Gasteiger partial charge on any atom is 0.306 e. The van der Waals surface area contributed by atoms with E-state index in [2.05, 4.69) is 69.4 Å². The fourth-order valence-corrected chi connectivity index (χ4v) is 8.17. The lowest BCUT2D eigenvalue weighted by molar-refractivity contribution is -0.163. The van der Waals surface area contributed by atoms with Gasteiger partial charge in [0.05, 0.1) is 6.61 Å². The summed E-state index contributed by atoms with van der Waals surface area (Å²) in [6.45, 7) is 7.74. The third kappa shape index (κ3) is 52.5. The molecular formula is C59H108O5. The molecule has 0 bridgehead atoms. The number of ether oxygens (including phenoxy) is 3. The fourth-order valence-electron chi connectivity index (χ4n) is 8.17. The molecule has 64 heavy (non-hydrogen) atoms. The first-order chi connectivity index (χ1) is 31.6. The molecule has 0 spiro atoms. The molecule has 0 rings (SSSR count). The number of esters is 2. The van der Waals surface area contributed by atoms with Crippen molar-refractivity contribution in [2.24, 2.45) is 0 Å². The maximum atomic E-state index is 12.8. The van der Waals surface area contributed by atoms with E-state index < -0.39 is 6.10 Å². The molecule has 0 radical (unpaired) electrons. The summed E-state index contributed by atoms with van der Waals surface area (Å²) in [6, 6.07) is 0. The number of unbranched alkanes of at least 4 members (excludes halogenated alkanes) is 33. The third-order valence-electron chi connectivity index (χ3n) is 12.3. The minimum Gasteiger partial charge on any atom is -0.462 e. The molecule has 0 heterocycles. The summed E-state index contributed by atoms with van der Waals surface area (Å²) in [5, 5.41) is 0. The van der Waals surface area contributed by atoms with E-state index in [1.807, 2.05) is 0 Å². The minimum atomic E-state index is -0.537. The number of hydrogen-bond donors (Lipinski definition) is 0. The second-order valence-electron chi connectivity index (χ2n) is 18.8. The lowest BCUT2D eigenvalue weighted by Gasteiger charge is -2.18. The molecule has 5 nitrogen and oxygen atoms in total. The van der Waals surface area contributed by atoms with Crippen molar-refractivity contribution in [3.63, 3.8) is 0 Å². The summed E-state index contributed by atoms with van der Waals surface area (Å²) < 4.78 is 17.5. The van der Waals surface area contributed by atoms with Crippen LogP contribution in [0.3, 0.4) is 0 Å². The van der Waals surface area contributed by atoms with E-state index in [1.165, 1.54) is 186 Å². The predicted octanol–water partition coefficient (Wildman–Crippen LogP) is 19.1. The van der Waals surface area contributed by atoms with Crippen molar-refractivity contribution < 1.29 is 23.8 Å². The first-order valence-corrected chi connectivity index (χ1v) is 28.2. The van der Waals surface area contributed by atoms with Gasteiger partial charge in [0.2, 0.25) is 0 Å². The standard InChI is InChI=1S/C59H108O5/c1-4-7-10-13-16-19-22-24-26-28-29-30-32-34-36-39-42-45-48-51-54-62-55-57(64-59(61)53-50-47-44-41-37-21-18-15-12-9-6-3)56-63-58(60)52-49-46-43-40-38-35-33-31-27-25-23-20-17-14-11-8-5-2/h8,11,17,20,24-27,57H,4-7,9-10,12-16,18-19,21-23,28-56H2,1-3H3/b11-8-,20-17-,26-24-,27-25-. The molecule has 0 fully saturated rings. The average molecular weight is 898 g/mol. The van der Waals surface area contributed by atoms with Gasteiger partial charge in [-0.3, -0.25) is 9.59 Å². The normalized spacial score (nSPS) is 12.5.